The van der Waals surface area contributed by atoms with Crippen molar-refractivity contribution in [2.45, 2.75) is 38.0 Å². The van der Waals surface area contributed by atoms with E-state index in [1.165, 1.54) is 0 Å². The largest absolute Gasteiger partial charge is 0.348 e. The number of hydrogen-bond donors (Lipinski definition) is 1. The molecular weight excluding hydrogens is 424 g/mol. The van der Waals surface area contributed by atoms with E-state index in [4.69, 9.17) is 0 Å². The minimum Gasteiger partial charge on any atom is -0.348 e. The van der Waals surface area contributed by atoms with E-state index in [0.29, 0.717) is 12.1 Å². The summed E-state index contributed by atoms with van der Waals surface area (Å²) in [6.07, 6.45) is 0. The van der Waals surface area contributed by atoms with Gasteiger partial charge in [0, 0.05) is 39.4 Å². The number of aryl methyl sites for hydroxylation is 2. The fourth-order valence-corrected chi connectivity index (χ4v) is 4.87. The molecule has 2 aromatic heterocycles. The second-order valence-corrected chi connectivity index (χ2v) is 9.36. The van der Waals surface area contributed by atoms with Crippen LogP contribution in [-0.4, -0.2) is 20.7 Å². The standard InChI is InChI=1S/C24H24N4OS2/c1-16-23(17(2)28(27-16)21-7-5-4-6-8-21)13-25-24(29)19-9-11-22(12-10-19)31-15-20-14-30-18(3)26-20/h4-12,14H,13,15H2,1-3H3,(H,25,29). The van der Waals surface area contributed by atoms with Gasteiger partial charge in [-0.2, -0.15) is 5.10 Å². The van der Waals surface area contributed by atoms with Crippen molar-refractivity contribution in [3.63, 3.8) is 0 Å². The van der Waals surface area contributed by atoms with Crippen molar-refractivity contribution in [3.8, 4) is 5.69 Å². The summed E-state index contributed by atoms with van der Waals surface area (Å²) in [5.74, 6) is 0.748. The highest BCUT2D eigenvalue weighted by Gasteiger charge is 2.14. The Bertz CT molecular complexity index is 1180. The molecule has 31 heavy (non-hydrogen) atoms. The molecule has 2 heterocycles. The number of amides is 1. The van der Waals surface area contributed by atoms with Gasteiger partial charge in [-0.15, -0.1) is 23.1 Å². The molecule has 0 saturated carbocycles. The molecule has 1 N–H and O–H groups in total. The Morgan fingerprint density at radius 1 is 1.06 bits per heavy atom. The average molecular weight is 449 g/mol. The molecule has 158 valence electrons. The Morgan fingerprint density at radius 3 is 2.48 bits per heavy atom. The molecule has 0 fully saturated rings. The number of thiazole rings is 1. The highest BCUT2D eigenvalue weighted by molar-refractivity contribution is 7.98. The predicted molar refractivity (Wildman–Crippen MR) is 127 cm³/mol. The summed E-state index contributed by atoms with van der Waals surface area (Å²) in [7, 11) is 0. The number of para-hydroxylation sites is 1. The normalized spacial score (nSPS) is 10.9. The lowest BCUT2D eigenvalue weighted by atomic mass is 10.1. The third kappa shape index (κ3) is 5.06. The summed E-state index contributed by atoms with van der Waals surface area (Å²) in [6.45, 7) is 6.47. The lowest BCUT2D eigenvalue weighted by Gasteiger charge is -2.08. The van der Waals surface area contributed by atoms with E-state index in [0.717, 1.165) is 44.0 Å². The molecule has 1 amide bonds. The van der Waals surface area contributed by atoms with Gasteiger partial charge >= 0.3 is 0 Å². The van der Waals surface area contributed by atoms with E-state index in [1.54, 1.807) is 23.1 Å². The molecule has 0 unspecified atom stereocenters. The van der Waals surface area contributed by atoms with Crippen LogP contribution < -0.4 is 5.32 Å². The summed E-state index contributed by atoms with van der Waals surface area (Å²) in [4.78, 5) is 18.3. The van der Waals surface area contributed by atoms with Gasteiger partial charge in [0.15, 0.2) is 0 Å². The van der Waals surface area contributed by atoms with E-state index in [9.17, 15) is 4.79 Å². The maximum Gasteiger partial charge on any atom is 0.251 e. The zero-order valence-electron chi connectivity index (χ0n) is 17.8. The van der Waals surface area contributed by atoms with Gasteiger partial charge in [0.1, 0.15) is 0 Å². The number of nitrogens with zero attached hydrogens (tertiary/aromatic N) is 3. The second-order valence-electron chi connectivity index (χ2n) is 7.25. The highest BCUT2D eigenvalue weighted by Crippen LogP contribution is 2.24. The van der Waals surface area contributed by atoms with Gasteiger partial charge in [0.25, 0.3) is 5.91 Å². The number of carbonyl (C=O) groups is 1. The van der Waals surface area contributed by atoms with Crippen LogP contribution in [0.15, 0.2) is 64.9 Å². The number of aromatic nitrogens is 3. The number of hydrogen-bond acceptors (Lipinski definition) is 5. The van der Waals surface area contributed by atoms with Crippen molar-refractivity contribution in [3.05, 3.63) is 93.2 Å². The molecule has 5 nitrogen and oxygen atoms in total. The lowest BCUT2D eigenvalue weighted by Crippen LogP contribution is -2.23. The van der Waals surface area contributed by atoms with Crippen LogP contribution in [0.2, 0.25) is 0 Å². The first-order valence-corrected chi connectivity index (χ1v) is 11.9. The van der Waals surface area contributed by atoms with E-state index >= 15 is 0 Å². The van der Waals surface area contributed by atoms with Gasteiger partial charge < -0.3 is 5.32 Å². The van der Waals surface area contributed by atoms with Crippen molar-refractivity contribution in [1.29, 1.82) is 0 Å². The minimum atomic E-state index is -0.0852. The average Bonchev–Trinajstić information content (AvgIpc) is 3.33. The van der Waals surface area contributed by atoms with E-state index in [1.807, 2.05) is 80.1 Å². The molecule has 4 aromatic rings. The van der Waals surface area contributed by atoms with Gasteiger partial charge in [0.05, 0.1) is 22.1 Å². The summed E-state index contributed by atoms with van der Waals surface area (Å²) >= 11 is 3.39. The molecule has 7 heteroatoms. The van der Waals surface area contributed by atoms with E-state index < -0.39 is 0 Å². The SMILES string of the molecule is Cc1nc(CSc2ccc(C(=O)NCc3c(C)nn(-c4ccccc4)c3C)cc2)cs1. The number of thioether (sulfide) groups is 1. The van der Waals surface area contributed by atoms with Crippen LogP contribution in [-0.2, 0) is 12.3 Å². The third-order valence-electron chi connectivity index (χ3n) is 5.04. The first-order chi connectivity index (χ1) is 15.0. The fraction of sp³-hybridized carbons (Fsp3) is 0.208. The molecule has 0 atom stereocenters. The molecule has 0 aliphatic rings. The van der Waals surface area contributed by atoms with Crippen LogP contribution in [0.3, 0.4) is 0 Å². The first-order valence-electron chi connectivity index (χ1n) is 10.0. The van der Waals surface area contributed by atoms with Gasteiger partial charge in [-0.1, -0.05) is 18.2 Å². The van der Waals surface area contributed by atoms with Crippen LogP contribution in [0.25, 0.3) is 5.69 Å². The Hall–Kier alpha value is -2.90. The van der Waals surface area contributed by atoms with Gasteiger partial charge in [0.2, 0.25) is 0 Å². The Balaban J connectivity index is 1.37. The summed E-state index contributed by atoms with van der Waals surface area (Å²) in [5.41, 5.74) is 5.76. The summed E-state index contributed by atoms with van der Waals surface area (Å²) in [5, 5.41) is 10.9. The molecule has 2 aromatic carbocycles. The van der Waals surface area contributed by atoms with Crippen LogP contribution >= 0.6 is 23.1 Å². The number of nitrogens with one attached hydrogen (secondary N) is 1. The molecule has 0 aliphatic carbocycles. The van der Waals surface area contributed by atoms with Crippen molar-refractivity contribution in [2.24, 2.45) is 0 Å². The van der Waals surface area contributed by atoms with Crippen molar-refractivity contribution >= 4 is 29.0 Å². The first kappa shape index (κ1) is 21.3. The topological polar surface area (TPSA) is 59.8 Å². The molecule has 0 radical (unpaired) electrons. The molecule has 0 aliphatic heterocycles. The number of carbonyl (C=O) groups excluding carboxylic acids is 1. The van der Waals surface area contributed by atoms with Crippen LogP contribution in [0, 0.1) is 20.8 Å². The molecule has 0 spiro atoms. The van der Waals surface area contributed by atoms with Crippen molar-refractivity contribution < 1.29 is 4.79 Å². The predicted octanol–water partition coefficient (Wildman–Crippen LogP) is 5.48. The van der Waals surface area contributed by atoms with Crippen LogP contribution in [0.4, 0.5) is 0 Å². The maximum atomic E-state index is 12.7. The van der Waals surface area contributed by atoms with E-state index in [-0.39, 0.29) is 5.91 Å². The smallest absolute Gasteiger partial charge is 0.251 e. The zero-order valence-corrected chi connectivity index (χ0v) is 19.4. The molecule has 0 saturated heterocycles. The van der Waals surface area contributed by atoms with Gasteiger partial charge in [-0.3, -0.25) is 4.79 Å². The fourth-order valence-electron chi connectivity index (χ4n) is 3.36. The van der Waals surface area contributed by atoms with Gasteiger partial charge in [-0.05, 0) is 57.2 Å². The maximum absolute atomic E-state index is 12.7. The van der Waals surface area contributed by atoms with E-state index in [2.05, 4.69) is 20.8 Å². The summed E-state index contributed by atoms with van der Waals surface area (Å²) in [6, 6.07) is 17.7. The van der Waals surface area contributed by atoms with Gasteiger partial charge in [-0.25, -0.2) is 9.67 Å². The Labute approximate surface area is 190 Å². The van der Waals surface area contributed by atoms with Crippen molar-refractivity contribution in [1.82, 2.24) is 20.1 Å². The Morgan fingerprint density at radius 2 is 1.81 bits per heavy atom. The van der Waals surface area contributed by atoms with Crippen LogP contribution in [0.1, 0.15) is 38.0 Å². The highest BCUT2D eigenvalue weighted by atomic mass is 32.2. The zero-order chi connectivity index (χ0) is 21.8. The third-order valence-corrected chi connectivity index (χ3v) is 6.91. The van der Waals surface area contributed by atoms with Crippen LogP contribution in [0.5, 0.6) is 0 Å². The minimum absolute atomic E-state index is 0.0852. The monoisotopic (exact) mass is 448 g/mol. The lowest BCUT2D eigenvalue weighted by molar-refractivity contribution is 0.0951. The quantitative estimate of drug-likeness (QED) is 0.381. The number of benzene rings is 2. The molecule has 4 rings (SSSR count). The molecular formula is C24H24N4OS2. The Kier molecular flexibility index (Phi) is 6.53. The summed E-state index contributed by atoms with van der Waals surface area (Å²) < 4.78 is 1.92. The second kappa shape index (κ2) is 9.49. The number of rotatable bonds is 7. The van der Waals surface area contributed by atoms with Crippen molar-refractivity contribution in [2.75, 3.05) is 0 Å². The molecule has 0 bridgehead atoms.